The van der Waals surface area contributed by atoms with Gasteiger partial charge in [-0.25, -0.2) is 0 Å². The van der Waals surface area contributed by atoms with Gasteiger partial charge in [0.15, 0.2) is 0 Å². The van der Waals surface area contributed by atoms with E-state index in [9.17, 15) is 9.90 Å². The number of nitrogens with one attached hydrogen (secondary N) is 1. The van der Waals surface area contributed by atoms with Crippen molar-refractivity contribution in [2.75, 3.05) is 0 Å². The Morgan fingerprint density at radius 2 is 1.76 bits per heavy atom. The van der Waals surface area contributed by atoms with Gasteiger partial charge >= 0.3 is 0 Å². The molecule has 8 atom stereocenters. The van der Waals surface area contributed by atoms with Gasteiger partial charge in [0.25, 0.3) is 0 Å². The Balaban J connectivity index is 1.97. The molecule has 1 saturated heterocycles. The molecule has 3 aliphatic rings. The van der Waals surface area contributed by atoms with Crippen molar-refractivity contribution in [1.29, 1.82) is 0 Å². The van der Waals surface area contributed by atoms with Gasteiger partial charge in [-0.05, 0) is 104 Å². The zero-order valence-corrected chi connectivity index (χ0v) is 18.8. The first-order chi connectivity index (χ1) is 13.4. The van der Waals surface area contributed by atoms with Gasteiger partial charge in [-0.1, -0.05) is 0 Å². The lowest BCUT2D eigenvalue weighted by Gasteiger charge is -2.59. The normalized spacial score (nSPS) is 47.9. The Bertz CT molecular complexity index is 664. The minimum Gasteiger partial charge on any atom is -0.388 e. The molecule has 0 aromatic carbocycles. The summed E-state index contributed by atoms with van der Waals surface area (Å²) in [6.45, 7) is 18.0. The SMILES string of the molecule is C=N[C@@H]1[C@@H]2[C@@H]([C@@]3(C)CC[C@@H](C(C)(C)N=C)O3)CC[C@](C)(NC=O)[C@H]2CC[C@@]1(C)O. The van der Waals surface area contributed by atoms with Crippen LogP contribution in [-0.2, 0) is 9.53 Å². The maximum absolute atomic E-state index is 11.4. The van der Waals surface area contributed by atoms with E-state index < -0.39 is 5.60 Å². The Morgan fingerprint density at radius 3 is 2.34 bits per heavy atom. The molecule has 29 heavy (non-hydrogen) atoms. The van der Waals surface area contributed by atoms with Crippen LogP contribution < -0.4 is 5.32 Å². The predicted octanol–water partition coefficient (Wildman–Crippen LogP) is 3.16. The van der Waals surface area contributed by atoms with Crippen LogP contribution in [0.15, 0.2) is 9.98 Å². The van der Waals surface area contributed by atoms with Crippen LogP contribution in [0, 0.1) is 17.8 Å². The van der Waals surface area contributed by atoms with Crippen LogP contribution in [0.25, 0.3) is 0 Å². The Hall–Kier alpha value is -1.27. The standard InChI is InChI=1S/C23H39N3O3/c1-20(2,25-7)17-10-13-23(5,29-17)16-8-11-21(3,26-14-27)15-9-12-22(4,28)19(24-6)18(15)16/h14-19,28H,6-13H2,1-5H3,(H,26,27)/t15-,16-,17-,18-,19+,21-,22+,23+/m0/s1. The van der Waals surface area contributed by atoms with Crippen LogP contribution in [0.2, 0.25) is 0 Å². The number of hydrogen-bond acceptors (Lipinski definition) is 5. The number of carbonyl (C=O) groups excluding carboxylic acids is 1. The number of nitrogens with zero attached hydrogens (tertiary/aromatic N) is 2. The quantitative estimate of drug-likeness (QED) is 0.526. The van der Waals surface area contributed by atoms with Crippen molar-refractivity contribution in [3.63, 3.8) is 0 Å². The molecule has 1 amide bonds. The van der Waals surface area contributed by atoms with Crippen molar-refractivity contribution in [2.45, 2.75) is 108 Å². The molecule has 0 aromatic rings. The molecule has 164 valence electrons. The molecule has 1 aliphatic heterocycles. The second-order valence-corrected chi connectivity index (χ2v) is 10.8. The van der Waals surface area contributed by atoms with Gasteiger partial charge in [-0.15, -0.1) is 0 Å². The Kier molecular flexibility index (Phi) is 5.76. The summed E-state index contributed by atoms with van der Waals surface area (Å²) in [4.78, 5) is 20.1. The number of fused-ring (bicyclic) bond motifs is 1. The van der Waals surface area contributed by atoms with Gasteiger partial charge < -0.3 is 15.2 Å². The maximum atomic E-state index is 11.4. The van der Waals surface area contributed by atoms with Crippen LogP contribution in [0.5, 0.6) is 0 Å². The van der Waals surface area contributed by atoms with E-state index in [2.05, 4.69) is 56.4 Å². The fourth-order valence-corrected chi connectivity index (χ4v) is 6.58. The van der Waals surface area contributed by atoms with Crippen LogP contribution in [0.4, 0.5) is 0 Å². The van der Waals surface area contributed by atoms with E-state index in [4.69, 9.17) is 4.74 Å². The third kappa shape index (κ3) is 3.67. The topological polar surface area (TPSA) is 83.3 Å². The number of aliphatic imine (C=N–C) groups is 2. The molecule has 6 nitrogen and oxygen atoms in total. The molecule has 1 heterocycles. The van der Waals surface area contributed by atoms with E-state index in [0.717, 1.165) is 38.5 Å². The highest BCUT2D eigenvalue weighted by molar-refractivity contribution is 5.48. The Morgan fingerprint density at radius 1 is 1.10 bits per heavy atom. The van der Waals surface area contributed by atoms with E-state index >= 15 is 0 Å². The van der Waals surface area contributed by atoms with Crippen molar-refractivity contribution >= 4 is 19.8 Å². The van der Waals surface area contributed by atoms with Crippen LogP contribution >= 0.6 is 0 Å². The number of amides is 1. The average molecular weight is 406 g/mol. The largest absolute Gasteiger partial charge is 0.388 e. The summed E-state index contributed by atoms with van der Waals surface area (Å²) in [5.41, 5.74) is -1.82. The van der Waals surface area contributed by atoms with Crippen molar-refractivity contribution in [2.24, 2.45) is 27.7 Å². The fraction of sp³-hybridized carbons (Fsp3) is 0.870. The first kappa shape index (κ1) is 22.4. The zero-order valence-electron chi connectivity index (χ0n) is 18.8. The predicted molar refractivity (Wildman–Crippen MR) is 117 cm³/mol. The molecule has 2 N–H and O–H groups in total. The summed E-state index contributed by atoms with van der Waals surface area (Å²) in [6.07, 6.45) is 6.09. The monoisotopic (exact) mass is 405 g/mol. The van der Waals surface area contributed by atoms with Crippen LogP contribution in [0.1, 0.15) is 73.1 Å². The summed E-state index contributed by atoms with van der Waals surface area (Å²) >= 11 is 0. The first-order valence-corrected chi connectivity index (χ1v) is 11.0. The number of carbonyl (C=O) groups is 1. The second-order valence-electron chi connectivity index (χ2n) is 10.8. The van der Waals surface area contributed by atoms with E-state index in [-0.39, 0.29) is 46.6 Å². The molecule has 0 unspecified atom stereocenters. The maximum Gasteiger partial charge on any atom is 0.207 e. The summed E-state index contributed by atoms with van der Waals surface area (Å²) in [6, 6.07) is -0.274. The lowest BCUT2D eigenvalue weighted by Crippen LogP contribution is -2.65. The molecule has 0 spiro atoms. The van der Waals surface area contributed by atoms with Gasteiger partial charge in [-0.3, -0.25) is 14.8 Å². The Labute approximate surface area is 175 Å². The minimum absolute atomic E-state index is 0.0316. The summed E-state index contributed by atoms with van der Waals surface area (Å²) < 4.78 is 6.71. The zero-order chi connectivity index (χ0) is 21.7. The van der Waals surface area contributed by atoms with Gasteiger partial charge in [-0.2, -0.15) is 0 Å². The van der Waals surface area contributed by atoms with Gasteiger partial charge in [0.2, 0.25) is 6.41 Å². The van der Waals surface area contributed by atoms with Gasteiger partial charge in [0.05, 0.1) is 28.9 Å². The molecule has 0 aromatic heterocycles. The highest BCUT2D eigenvalue weighted by Crippen LogP contribution is 2.57. The molecule has 3 rings (SSSR count). The number of rotatable bonds is 6. The van der Waals surface area contributed by atoms with Crippen LogP contribution in [0.3, 0.4) is 0 Å². The third-order valence-electron chi connectivity index (χ3n) is 8.57. The molecule has 0 bridgehead atoms. The van der Waals surface area contributed by atoms with E-state index in [1.807, 2.05) is 6.92 Å². The first-order valence-electron chi connectivity index (χ1n) is 11.0. The van der Waals surface area contributed by atoms with Crippen molar-refractivity contribution in [1.82, 2.24) is 5.32 Å². The van der Waals surface area contributed by atoms with E-state index in [1.54, 1.807) is 0 Å². The summed E-state index contributed by atoms with van der Waals surface area (Å²) in [7, 11) is 0. The molecule has 6 heteroatoms. The van der Waals surface area contributed by atoms with Crippen LogP contribution in [-0.4, -0.2) is 59.4 Å². The van der Waals surface area contributed by atoms with Crippen molar-refractivity contribution < 1.29 is 14.6 Å². The molecule has 2 aliphatic carbocycles. The molecule has 2 saturated carbocycles. The van der Waals surface area contributed by atoms with Crippen molar-refractivity contribution in [3.8, 4) is 0 Å². The van der Waals surface area contributed by atoms with E-state index in [0.29, 0.717) is 6.42 Å². The van der Waals surface area contributed by atoms with Gasteiger partial charge in [0, 0.05) is 5.54 Å². The number of aliphatic hydroxyl groups is 1. The fourth-order valence-electron chi connectivity index (χ4n) is 6.58. The lowest BCUT2D eigenvalue weighted by molar-refractivity contribution is -0.161. The summed E-state index contributed by atoms with van der Waals surface area (Å²) in [5, 5.41) is 14.3. The van der Waals surface area contributed by atoms with E-state index in [1.165, 1.54) is 0 Å². The van der Waals surface area contributed by atoms with Gasteiger partial charge in [0.1, 0.15) is 0 Å². The average Bonchev–Trinajstić information content (AvgIpc) is 3.05. The number of hydrogen-bond donors (Lipinski definition) is 2. The smallest absolute Gasteiger partial charge is 0.207 e. The molecule has 0 radical (unpaired) electrons. The van der Waals surface area contributed by atoms with Crippen molar-refractivity contribution in [3.05, 3.63) is 0 Å². The third-order valence-corrected chi connectivity index (χ3v) is 8.57. The minimum atomic E-state index is -0.892. The highest BCUT2D eigenvalue weighted by Gasteiger charge is 2.61. The summed E-state index contributed by atoms with van der Waals surface area (Å²) in [5.74, 6) is 0.570. The highest BCUT2D eigenvalue weighted by atomic mass is 16.5. The second kappa shape index (κ2) is 7.45. The molecular weight excluding hydrogens is 366 g/mol. The molecular formula is C23H39N3O3. The molecule has 3 fully saturated rings. The lowest BCUT2D eigenvalue weighted by atomic mass is 9.51. The number of ether oxygens (including phenoxy) is 1.